The van der Waals surface area contributed by atoms with E-state index in [9.17, 15) is 4.79 Å². The van der Waals surface area contributed by atoms with E-state index in [-0.39, 0.29) is 5.91 Å². The molecule has 0 bridgehead atoms. The Morgan fingerprint density at radius 2 is 2.27 bits per heavy atom. The molecule has 1 fully saturated rings. The molecule has 5 heteroatoms. The molecule has 1 aromatic carbocycles. The quantitative estimate of drug-likeness (QED) is 0.710. The SMILES string of the molecule is COCCNCC[C@H]1CCC(=O)N1CCc1cccc(Cl)c1. The van der Waals surface area contributed by atoms with Crippen molar-refractivity contribution in [2.75, 3.05) is 33.4 Å². The summed E-state index contributed by atoms with van der Waals surface area (Å²) in [5, 5.41) is 4.10. The van der Waals surface area contributed by atoms with Crippen molar-refractivity contribution >= 4 is 17.5 Å². The molecule has 1 heterocycles. The zero-order valence-electron chi connectivity index (χ0n) is 13.2. The van der Waals surface area contributed by atoms with Gasteiger partial charge in [-0.3, -0.25) is 4.79 Å². The molecule has 122 valence electrons. The van der Waals surface area contributed by atoms with Crippen LogP contribution in [0.4, 0.5) is 0 Å². The molecule has 0 aliphatic carbocycles. The topological polar surface area (TPSA) is 41.6 Å². The average molecular weight is 325 g/mol. The van der Waals surface area contributed by atoms with Gasteiger partial charge in [0.05, 0.1) is 6.61 Å². The van der Waals surface area contributed by atoms with Crippen LogP contribution in [0.25, 0.3) is 0 Å². The van der Waals surface area contributed by atoms with Crippen LogP contribution >= 0.6 is 11.6 Å². The summed E-state index contributed by atoms with van der Waals surface area (Å²) in [6, 6.07) is 8.24. The lowest BCUT2D eigenvalue weighted by Crippen LogP contribution is -2.37. The van der Waals surface area contributed by atoms with Crippen LogP contribution in [0.5, 0.6) is 0 Å². The maximum Gasteiger partial charge on any atom is 0.222 e. The smallest absolute Gasteiger partial charge is 0.222 e. The molecule has 1 aliphatic rings. The fourth-order valence-corrected chi connectivity index (χ4v) is 3.12. The molecule has 0 aromatic heterocycles. The van der Waals surface area contributed by atoms with Gasteiger partial charge in [-0.25, -0.2) is 0 Å². The maximum atomic E-state index is 12.1. The van der Waals surface area contributed by atoms with Crippen molar-refractivity contribution in [1.82, 2.24) is 10.2 Å². The van der Waals surface area contributed by atoms with Gasteiger partial charge in [-0.1, -0.05) is 23.7 Å². The molecule has 1 amide bonds. The molecule has 2 rings (SSSR count). The molecule has 1 aromatic rings. The minimum absolute atomic E-state index is 0.281. The molecule has 1 aliphatic heterocycles. The summed E-state index contributed by atoms with van der Waals surface area (Å²) in [5.74, 6) is 0.281. The molecule has 0 saturated carbocycles. The number of nitrogens with one attached hydrogen (secondary N) is 1. The summed E-state index contributed by atoms with van der Waals surface area (Å²) >= 11 is 6.01. The summed E-state index contributed by atoms with van der Waals surface area (Å²) < 4.78 is 5.01. The van der Waals surface area contributed by atoms with Gasteiger partial charge in [0.1, 0.15) is 0 Å². The van der Waals surface area contributed by atoms with Crippen molar-refractivity contribution in [1.29, 1.82) is 0 Å². The van der Waals surface area contributed by atoms with Crippen molar-refractivity contribution < 1.29 is 9.53 Å². The maximum absolute atomic E-state index is 12.1. The van der Waals surface area contributed by atoms with Crippen molar-refractivity contribution in [2.45, 2.75) is 31.7 Å². The highest BCUT2D eigenvalue weighted by molar-refractivity contribution is 6.30. The summed E-state index contributed by atoms with van der Waals surface area (Å²) in [5.41, 5.74) is 1.18. The van der Waals surface area contributed by atoms with E-state index in [4.69, 9.17) is 16.3 Å². The standard InChI is InChI=1S/C17H25ClN2O2/c1-22-12-10-19-9-7-16-5-6-17(21)20(16)11-8-14-3-2-4-15(18)13-14/h2-4,13,16,19H,5-12H2,1H3/t16-/m1/s1. The number of carbonyl (C=O) groups is 1. The Labute approximate surface area is 137 Å². The first kappa shape index (κ1) is 17.3. The normalized spacial score (nSPS) is 18.2. The summed E-state index contributed by atoms with van der Waals surface area (Å²) in [7, 11) is 1.70. The lowest BCUT2D eigenvalue weighted by atomic mass is 10.1. The molecule has 22 heavy (non-hydrogen) atoms. The number of methoxy groups -OCH3 is 1. The highest BCUT2D eigenvalue weighted by Crippen LogP contribution is 2.22. The Bertz CT molecular complexity index is 481. The lowest BCUT2D eigenvalue weighted by molar-refractivity contribution is -0.129. The third-order valence-electron chi connectivity index (χ3n) is 4.12. The molecule has 4 nitrogen and oxygen atoms in total. The Morgan fingerprint density at radius 3 is 3.05 bits per heavy atom. The Kier molecular flexibility index (Phi) is 7.16. The van der Waals surface area contributed by atoms with Crippen LogP contribution in [0.1, 0.15) is 24.8 Å². The zero-order chi connectivity index (χ0) is 15.8. The Balaban J connectivity index is 1.78. The van der Waals surface area contributed by atoms with E-state index in [1.165, 1.54) is 5.56 Å². The van der Waals surface area contributed by atoms with Crippen LogP contribution in [-0.4, -0.2) is 50.2 Å². The minimum Gasteiger partial charge on any atom is -0.383 e. The van der Waals surface area contributed by atoms with Gasteiger partial charge in [-0.2, -0.15) is 0 Å². The number of ether oxygens (including phenoxy) is 1. The number of carbonyl (C=O) groups excluding carboxylic acids is 1. The van der Waals surface area contributed by atoms with Gasteiger partial charge in [0, 0.05) is 37.7 Å². The van der Waals surface area contributed by atoms with E-state index in [1.54, 1.807) is 7.11 Å². The second-order valence-corrected chi connectivity index (χ2v) is 6.13. The monoisotopic (exact) mass is 324 g/mol. The van der Waals surface area contributed by atoms with E-state index in [0.717, 1.165) is 50.5 Å². The number of halogens is 1. The highest BCUT2D eigenvalue weighted by atomic mass is 35.5. The zero-order valence-corrected chi connectivity index (χ0v) is 13.9. The number of amides is 1. The lowest BCUT2D eigenvalue weighted by Gasteiger charge is -2.25. The molecular formula is C17H25ClN2O2. The van der Waals surface area contributed by atoms with E-state index in [0.29, 0.717) is 12.5 Å². The van der Waals surface area contributed by atoms with Crippen molar-refractivity contribution in [3.8, 4) is 0 Å². The third-order valence-corrected chi connectivity index (χ3v) is 4.36. The molecule has 1 saturated heterocycles. The van der Waals surface area contributed by atoms with Gasteiger partial charge in [-0.15, -0.1) is 0 Å². The van der Waals surface area contributed by atoms with Crippen LogP contribution in [-0.2, 0) is 16.0 Å². The second-order valence-electron chi connectivity index (χ2n) is 5.69. The highest BCUT2D eigenvalue weighted by Gasteiger charge is 2.29. The molecule has 0 unspecified atom stereocenters. The van der Waals surface area contributed by atoms with Gasteiger partial charge < -0.3 is 15.0 Å². The number of hydrogen-bond acceptors (Lipinski definition) is 3. The van der Waals surface area contributed by atoms with Gasteiger partial charge in [0.15, 0.2) is 0 Å². The van der Waals surface area contributed by atoms with Gasteiger partial charge >= 0.3 is 0 Å². The number of hydrogen-bond donors (Lipinski definition) is 1. The number of benzene rings is 1. The molecule has 0 radical (unpaired) electrons. The van der Waals surface area contributed by atoms with Crippen LogP contribution in [0.2, 0.25) is 5.02 Å². The van der Waals surface area contributed by atoms with Gasteiger partial charge in [0.25, 0.3) is 0 Å². The van der Waals surface area contributed by atoms with Gasteiger partial charge in [0.2, 0.25) is 5.91 Å². The second kappa shape index (κ2) is 9.13. The number of likely N-dealkylation sites (tertiary alicyclic amines) is 1. The Morgan fingerprint density at radius 1 is 1.41 bits per heavy atom. The first-order valence-electron chi connectivity index (χ1n) is 7.94. The molecule has 1 N–H and O–H groups in total. The first-order chi connectivity index (χ1) is 10.7. The predicted molar refractivity (Wildman–Crippen MR) is 89.3 cm³/mol. The molecule has 0 spiro atoms. The molecular weight excluding hydrogens is 300 g/mol. The predicted octanol–water partition coefficient (Wildman–Crippen LogP) is 2.50. The van der Waals surface area contributed by atoms with Crippen LogP contribution in [0, 0.1) is 0 Å². The summed E-state index contributed by atoms with van der Waals surface area (Å²) in [6.07, 6.45) is 3.52. The summed E-state index contributed by atoms with van der Waals surface area (Å²) in [6.45, 7) is 3.29. The van der Waals surface area contributed by atoms with Crippen molar-refractivity contribution in [3.05, 3.63) is 34.9 Å². The third kappa shape index (κ3) is 5.27. The average Bonchev–Trinajstić information content (AvgIpc) is 2.85. The van der Waals surface area contributed by atoms with E-state index in [2.05, 4.69) is 11.4 Å². The number of rotatable bonds is 9. The Hall–Kier alpha value is -1.10. The van der Waals surface area contributed by atoms with Crippen molar-refractivity contribution in [2.24, 2.45) is 0 Å². The van der Waals surface area contributed by atoms with Crippen molar-refractivity contribution in [3.63, 3.8) is 0 Å². The fourth-order valence-electron chi connectivity index (χ4n) is 2.91. The van der Waals surface area contributed by atoms with Crippen LogP contribution in [0.15, 0.2) is 24.3 Å². The first-order valence-corrected chi connectivity index (χ1v) is 8.32. The van der Waals surface area contributed by atoms with E-state index < -0.39 is 0 Å². The fraction of sp³-hybridized carbons (Fsp3) is 0.588. The van der Waals surface area contributed by atoms with Crippen LogP contribution in [0.3, 0.4) is 0 Å². The van der Waals surface area contributed by atoms with E-state index in [1.807, 2.05) is 23.1 Å². The summed E-state index contributed by atoms with van der Waals surface area (Å²) in [4.78, 5) is 14.1. The van der Waals surface area contributed by atoms with E-state index >= 15 is 0 Å². The van der Waals surface area contributed by atoms with Crippen LogP contribution < -0.4 is 5.32 Å². The van der Waals surface area contributed by atoms with Gasteiger partial charge in [-0.05, 0) is 43.5 Å². The minimum atomic E-state index is 0.281. The number of nitrogens with zero attached hydrogens (tertiary/aromatic N) is 1. The molecule has 1 atom stereocenters. The largest absolute Gasteiger partial charge is 0.383 e.